The van der Waals surface area contributed by atoms with Gasteiger partial charge in [-0.2, -0.15) is 26.3 Å². The second-order valence-corrected chi connectivity index (χ2v) is 8.07. The number of carboxylic acid groups (broad SMARTS) is 1. The van der Waals surface area contributed by atoms with E-state index in [1.807, 2.05) is 5.32 Å². The van der Waals surface area contributed by atoms with Crippen LogP contribution in [-0.4, -0.2) is 17.0 Å². The summed E-state index contributed by atoms with van der Waals surface area (Å²) >= 11 is 3.32. The Hall–Kier alpha value is -3.80. The van der Waals surface area contributed by atoms with Crippen molar-refractivity contribution in [3.63, 3.8) is 0 Å². The van der Waals surface area contributed by atoms with Crippen LogP contribution in [0.3, 0.4) is 0 Å². The number of para-hydroxylation sites is 1. The van der Waals surface area contributed by atoms with Crippen LogP contribution >= 0.6 is 15.9 Å². The van der Waals surface area contributed by atoms with Gasteiger partial charge in [-0.15, -0.1) is 0 Å². The van der Waals surface area contributed by atoms with Gasteiger partial charge in [-0.3, -0.25) is 4.79 Å². The molecule has 0 unspecified atom stereocenters. The van der Waals surface area contributed by atoms with E-state index < -0.39 is 46.6 Å². The first-order valence-corrected chi connectivity index (χ1v) is 10.6. The van der Waals surface area contributed by atoms with Gasteiger partial charge in [0.25, 0.3) is 5.91 Å². The van der Waals surface area contributed by atoms with Gasteiger partial charge in [0.1, 0.15) is 17.2 Å². The lowest BCUT2D eigenvalue weighted by Crippen LogP contribution is -2.28. The van der Waals surface area contributed by atoms with E-state index in [-0.39, 0.29) is 23.8 Å². The first kappa shape index (κ1) is 26.8. The highest BCUT2D eigenvalue weighted by molar-refractivity contribution is 9.10. The predicted molar refractivity (Wildman–Crippen MR) is 120 cm³/mol. The maximum absolute atomic E-state index is 13.1. The molecule has 0 spiro atoms. The number of benzene rings is 3. The fraction of sp³-hybridized carbons (Fsp3) is 0.0833. The Labute approximate surface area is 208 Å². The molecule has 3 rings (SSSR count). The lowest BCUT2D eigenvalue weighted by atomic mass is 10.0. The van der Waals surface area contributed by atoms with Gasteiger partial charge in [0.2, 0.25) is 0 Å². The quantitative estimate of drug-likeness (QED) is 0.243. The summed E-state index contributed by atoms with van der Waals surface area (Å²) in [6.07, 6.45) is -9.34. The van der Waals surface area contributed by atoms with Gasteiger partial charge in [0, 0.05) is 5.56 Å². The highest BCUT2D eigenvalue weighted by Gasteiger charge is 2.37. The molecule has 0 fully saturated rings. The summed E-state index contributed by atoms with van der Waals surface area (Å²) in [6, 6.07) is 13.1. The van der Waals surface area contributed by atoms with Gasteiger partial charge in [0.15, 0.2) is 0 Å². The van der Waals surface area contributed by atoms with Crippen molar-refractivity contribution in [3.8, 4) is 11.5 Å². The van der Waals surface area contributed by atoms with Crippen LogP contribution in [-0.2, 0) is 17.1 Å². The Morgan fingerprint density at radius 3 is 1.92 bits per heavy atom. The summed E-state index contributed by atoms with van der Waals surface area (Å²) in [5.74, 6) is -2.23. The molecule has 36 heavy (non-hydrogen) atoms. The number of hydrogen-bond donors (Lipinski definition) is 2. The summed E-state index contributed by atoms with van der Waals surface area (Å²) in [4.78, 5) is 24.0. The fourth-order valence-electron chi connectivity index (χ4n) is 2.89. The zero-order valence-corrected chi connectivity index (χ0v) is 19.3. The van der Waals surface area contributed by atoms with Crippen LogP contribution in [0.25, 0.3) is 6.08 Å². The highest BCUT2D eigenvalue weighted by Crippen LogP contribution is 2.36. The smallest absolute Gasteiger partial charge is 0.416 e. The number of carbonyl (C=O) groups excluding carboxylic acids is 1. The molecule has 0 bridgehead atoms. The van der Waals surface area contributed by atoms with Crippen LogP contribution in [0.5, 0.6) is 11.5 Å². The van der Waals surface area contributed by atoms with E-state index in [1.165, 1.54) is 24.3 Å². The number of alkyl halides is 6. The molecule has 0 aromatic heterocycles. The monoisotopic (exact) mass is 573 g/mol. The minimum Gasteiger partial charge on any atom is -0.477 e. The number of carboxylic acids is 1. The molecule has 3 aromatic carbocycles. The molecule has 3 aromatic rings. The standard InChI is InChI=1S/C24H14BrF6NO4/c25-18-3-1-2-4-20(18)36-17-7-5-13(6-8-17)9-19(22(34)35)32-21(33)14-10-15(23(26,27)28)12-16(11-14)24(29,30)31/h1-12H,(H,32,33)(H,34,35)/b19-9+. The molecule has 0 radical (unpaired) electrons. The summed E-state index contributed by atoms with van der Waals surface area (Å²) in [5, 5.41) is 11.3. The Kier molecular flexibility index (Phi) is 7.77. The first-order chi connectivity index (χ1) is 16.7. The molecule has 2 N–H and O–H groups in total. The van der Waals surface area contributed by atoms with Crippen LogP contribution in [0.2, 0.25) is 0 Å². The molecule has 0 saturated carbocycles. The first-order valence-electron chi connectivity index (χ1n) is 9.82. The lowest BCUT2D eigenvalue weighted by Gasteiger charge is -2.14. The minimum absolute atomic E-state index is 0.137. The van der Waals surface area contributed by atoms with Crippen molar-refractivity contribution in [1.29, 1.82) is 0 Å². The van der Waals surface area contributed by atoms with Gasteiger partial charge in [-0.1, -0.05) is 24.3 Å². The van der Waals surface area contributed by atoms with Gasteiger partial charge < -0.3 is 15.2 Å². The zero-order valence-electron chi connectivity index (χ0n) is 17.7. The zero-order chi connectivity index (χ0) is 26.7. The number of nitrogens with one attached hydrogen (secondary N) is 1. The predicted octanol–water partition coefficient (Wildman–Crippen LogP) is 7.13. The molecule has 0 aliphatic carbocycles. The molecule has 0 atom stereocenters. The van der Waals surface area contributed by atoms with Crippen molar-refractivity contribution < 1.29 is 45.8 Å². The average Bonchev–Trinajstić information content (AvgIpc) is 2.79. The molecular formula is C24H14BrF6NO4. The second-order valence-electron chi connectivity index (χ2n) is 7.21. The second kappa shape index (κ2) is 10.4. The SMILES string of the molecule is O=C(O)/C(=C\c1ccc(Oc2ccccc2Br)cc1)NC(=O)c1cc(C(F)(F)F)cc(C(F)(F)F)c1. The molecule has 0 heterocycles. The van der Waals surface area contributed by atoms with E-state index in [1.54, 1.807) is 24.3 Å². The van der Waals surface area contributed by atoms with Gasteiger partial charge in [-0.05, 0) is 70.0 Å². The van der Waals surface area contributed by atoms with Crippen LogP contribution in [0, 0.1) is 0 Å². The van der Waals surface area contributed by atoms with Crippen LogP contribution in [0.15, 0.2) is 76.9 Å². The molecule has 0 aliphatic rings. The Morgan fingerprint density at radius 2 is 1.42 bits per heavy atom. The number of halogens is 7. The van der Waals surface area contributed by atoms with Crippen LogP contribution in [0.4, 0.5) is 26.3 Å². The maximum Gasteiger partial charge on any atom is 0.416 e. The third-order valence-electron chi connectivity index (χ3n) is 4.58. The third kappa shape index (κ3) is 6.87. The fourth-order valence-corrected chi connectivity index (χ4v) is 3.25. The van der Waals surface area contributed by atoms with E-state index in [0.29, 0.717) is 16.0 Å². The lowest BCUT2D eigenvalue weighted by molar-refractivity contribution is -0.143. The Bertz CT molecular complexity index is 1290. The van der Waals surface area contributed by atoms with Gasteiger partial charge in [0.05, 0.1) is 15.6 Å². The number of aliphatic carboxylic acids is 1. The molecule has 1 amide bonds. The minimum atomic E-state index is -5.17. The topological polar surface area (TPSA) is 75.6 Å². The molecule has 0 aliphatic heterocycles. The molecule has 12 heteroatoms. The van der Waals surface area contributed by atoms with Crippen LogP contribution in [0.1, 0.15) is 27.0 Å². The Morgan fingerprint density at radius 1 is 0.861 bits per heavy atom. The average molecular weight is 574 g/mol. The number of hydrogen-bond acceptors (Lipinski definition) is 3. The normalized spacial score (nSPS) is 12.2. The van der Waals surface area contributed by atoms with Gasteiger partial charge >= 0.3 is 18.3 Å². The van der Waals surface area contributed by atoms with E-state index >= 15 is 0 Å². The van der Waals surface area contributed by atoms with E-state index in [0.717, 1.165) is 6.08 Å². The Balaban J connectivity index is 1.86. The van der Waals surface area contributed by atoms with Crippen LogP contribution < -0.4 is 10.1 Å². The van der Waals surface area contributed by atoms with E-state index in [9.17, 15) is 41.0 Å². The van der Waals surface area contributed by atoms with E-state index in [4.69, 9.17) is 4.74 Å². The molecule has 5 nitrogen and oxygen atoms in total. The van der Waals surface area contributed by atoms with Crippen molar-refractivity contribution in [2.45, 2.75) is 12.4 Å². The largest absolute Gasteiger partial charge is 0.477 e. The van der Waals surface area contributed by atoms with E-state index in [2.05, 4.69) is 15.9 Å². The van der Waals surface area contributed by atoms with Crippen molar-refractivity contribution in [2.24, 2.45) is 0 Å². The van der Waals surface area contributed by atoms with Gasteiger partial charge in [-0.25, -0.2) is 4.79 Å². The third-order valence-corrected chi connectivity index (χ3v) is 5.24. The van der Waals surface area contributed by atoms with Crippen molar-refractivity contribution in [2.75, 3.05) is 0 Å². The molecule has 188 valence electrons. The number of amides is 1. The summed E-state index contributed by atoms with van der Waals surface area (Å²) in [5.41, 5.74) is -4.94. The summed E-state index contributed by atoms with van der Waals surface area (Å²) < 4.78 is 84.7. The maximum atomic E-state index is 13.1. The van der Waals surface area contributed by atoms with Crippen molar-refractivity contribution >= 4 is 33.9 Å². The summed E-state index contributed by atoms with van der Waals surface area (Å²) in [7, 11) is 0. The molecule has 0 saturated heterocycles. The number of ether oxygens (including phenoxy) is 1. The highest BCUT2D eigenvalue weighted by atomic mass is 79.9. The number of rotatable bonds is 6. The van der Waals surface area contributed by atoms with Crippen molar-refractivity contribution in [3.05, 3.63) is 99.2 Å². The molecular weight excluding hydrogens is 560 g/mol. The number of carbonyl (C=O) groups is 2. The van der Waals surface area contributed by atoms with Crippen molar-refractivity contribution in [1.82, 2.24) is 5.32 Å². The summed E-state index contributed by atoms with van der Waals surface area (Å²) in [6.45, 7) is 0.